The van der Waals surface area contributed by atoms with E-state index in [0.29, 0.717) is 10.7 Å². The van der Waals surface area contributed by atoms with Gasteiger partial charge in [-0.25, -0.2) is 8.42 Å². The molecule has 0 aromatic heterocycles. The van der Waals surface area contributed by atoms with Gasteiger partial charge >= 0.3 is 0 Å². The molecule has 0 N–H and O–H groups in total. The molecule has 2 rings (SSSR count). The second-order valence-corrected chi connectivity index (χ2v) is 8.92. The van der Waals surface area contributed by atoms with Crippen molar-refractivity contribution < 1.29 is 13.2 Å². The zero-order valence-corrected chi connectivity index (χ0v) is 17.6. The maximum Gasteiger partial charge on any atom is 0.243 e. The standard InChI is InChI=1S/C20H22ClN3O3S/c1-15-5-8-18(13-16(15)2)24(12-4-11-22)20(25)14-23(3)28(26,27)19-9-6-17(21)7-10-19/h5-10,13H,4,12,14H2,1-3H3. The average molecular weight is 420 g/mol. The molecule has 0 spiro atoms. The molecule has 6 nitrogen and oxygen atoms in total. The highest BCUT2D eigenvalue weighted by atomic mass is 35.5. The number of aryl methyl sites for hydroxylation is 2. The Morgan fingerprint density at radius 1 is 1.11 bits per heavy atom. The number of anilines is 1. The number of halogens is 1. The fourth-order valence-electron chi connectivity index (χ4n) is 2.60. The summed E-state index contributed by atoms with van der Waals surface area (Å²) in [5, 5.41) is 9.35. The SMILES string of the molecule is Cc1ccc(N(CCC#N)C(=O)CN(C)S(=O)(=O)c2ccc(Cl)cc2)cc1C. The molecule has 28 heavy (non-hydrogen) atoms. The number of benzene rings is 2. The summed E-state index contributed by atoms with van der Waals surface area (Å²) >= 11 is 5.81. The molecular formula is C20H22ClN3O3S. The Morgan fingerprint density at radius 3 is 2.32 bits per heavy atom. The molecule has 0 aliphatic carbocycles. The van der Waals surface area contributed by atoms with Gasteiger partial charge in [0.2, 0.25) is 15.9 Å². The predicted molar refractivity (Wildman–Crippen MR) is 110 cm³/mol. The second-order valence-electron chi connectivity index (χ2n) is 6.44. The van der Waals surface area contributed by atoms with Crippen LogP contribution in [0.2, 0.25) is 5.02 Å². The fourth-order valence-corrected chi connectivity index (χ4v) is 3.85. The van der Waals surface area contributed by atoms with E-state index in [2.05, 4.69) is 0 Å². The molecule has 1 amide bonds. The third-order valence-electron chi connectivity index (χ3n) is 4.43. The summed E-state index contributed by atoms with van der Waals surface area (Å²) in [5.74, 6) is -0.404. The number of hydrogen-bond acceptors (Lipinski definition) is 4. The zero-order valence-electron chi connectivity index (χ0n) is 16.0. The highest BCUT2D eigenvalue weighted by molar-refractivity contribution is 7.89. The summed E-state index contributed by atoms with van der Waals surface area (Å²) in [4.78, 5) is 14.4. The molecule has 0 bridgehead atoms. The Bertz CT molecular complexity index is 998. The van der Waals surface area contributed by atoms with Crippen LogP contribution in [0.15, 0.2) is 47.4 Å². The van der Waals surface area contributed by atoms with Crippen LogP contribution < -0.4 is 4.90 Å². The zero-order chi connectivity index (χ0) is 20.9. The lowest BCUT2D eigenvalue weighted by atomic mass is 10.1. The minimum absolute atomic E-state index is 0.0574. The van der Waals surface area contributed by atoms with Crippen molar-refractivity contribution in [3.8, 4) is 6.07 Å². The van der Waals surface area contributed by atoms with Crippen LogP contribution in [0.3, 0.4) is 0 Å². The summed E-state index contributed by atoms with van der Waals surface area (Å²) < 4.78 is 26.4. The smallest absolute Gasteiger partial charge is 0.243 e. The molecule has 0 saturated carbocycles. The van der Waals surface area contributed by atoms with E-state index < -0.39 is 15.9 Å². The summed E-state index contributed by atoms with van der Waals surface area (Å²) in [6.07, 6.45) is 0.145. The summed E-state index contributed by atoms with van der Waals surface area (Å²) in [6.45, 7) is 3.74. The second kappa shape index (κ2) is 9.20. The van der Waals surface area contributed by atoms with Crippen molar-refractivity contribution >= 4 is 33.2 Å². The third-order valence-corrected chi connectivity index (χ3v) is 6.50. The minimum Gasteiger partial charge on any atom is -0.310 e. The monoisotopic (exact) mass is 419 g/mol. The van der Waals surface area contributed by atoms with Crippen LogP contribution in [0.5, 0.6) is 0 Å². The van der Waals surface area contributed by atoms with E-state index in [-0.39, 0.29) is 24.4 Å². The van der Waals surface area contributed by atoms with E-state index >= 15 is 0 Å². The van der Waals surface area contributed by atoms with Crippen LogP contribution in [-0.4, -0.2) is 38.8 Å². The lowest BCUT2D eigenvalue weighted by Gasteiger charge is -2.25. The van der Waals surface area contributed by atoms with Crippen molar-refractivity contribution in [2.24, 2.45) is 0 Å². The van der Waals surface area contributed by atoms with Crippen molar-refractivity contribution in [1.29, 1.82) is 5.26 Å². The predicted octanol–water partition coefficient (Wildman–Crippen LogP) is 3.52. The number of carbonyl (C=O) groups is 1. The summed E-state index contributed by atoms with van der Waals surface area (Å²) in [5.41, 5.74) is 2.73. The lowest BCUT2D eigenvalue weighted by Crippen LogP contribution is -2.41. The molecule has 0 aliphatic heterocycles. The van der Waals surface area contributed by atoms with Crippen LogP contribution >= 0.6 is 11.6 Å². The van der Waals surface area contributed by atoms with Crippen LogP contribution in [0.4, 0.5) is 5.69 Å². The molecular weight excluding hydrogens is 398 g/mol. The number of hydrogen-bond donors (Lipinski definition) is 0. The first-order valence-electron chi connectivity index (χ1n) is 8.63. The van der Waals surface area contributed by atoms with Gasteiger partial charge in [0.05, 0.1) is 23.9 Å². The number of nitrogens with zero attached hydrogens (tertiary/aromatic N) is 3. The third kappa shape index (κ3) is 5.10. The van der Waals surface area contributed by atoms with Gasteiger partial charge in [-0.3, -0.25) is 4.79 Å². The number of amides is 1. The molecule has 2 aromatic rings. The minimum atomic E-state index is -3.84. The lowest BCUT2D eigenvalue weighted by molar-refractivity contribution is -0.118. The topological polar surface area (TPSA) is 81.5 Å². The summed E-state index contributed by atoms with van der Waals surface area (Å²) in [6, 6.07) is 13.3. The molecule has 0 fully saturated rings. The van der Waals surface area contributed by atoms with E-state index in [0.717, 1.165) is 15.4 Å². The van der Waals surface area contributed by atoms with Gasteiger partial charge in [0.25, 0.3) is 0 Å². The molecule has 0 atom stereocenters. The molecule has 8 heteroatoms. The van der Waals surface area contributed by atoms with Crippen LogP contribution in [0.25, 0.3) is 0 Å². The van der Waals surface area contributed by atoms with Gasteiger partial charge in [-0.2, -0.15) is 9.57 Å². The molecule has 148 valence electrons. The number of likely N-dealkylation sites (N-methyl/N-ethyl adjacent to an activating group) is 1. The van der Waals surface area contributed by atoms with Crippen LogP contribution in [0.1, 0.15) is 17.5 Å². The fraction of sp³-hybridized carbons (Fsp3) is 0.300. The van der Waals surface area contributed by atoms with E-state index in [1.54, 1.807) is 6.07 Å². The van der Waals surface area contributed by atoms with Crippen LogP contribution in [0, 0.1) is 25.2 Å². The van der Waals surface area contributed by atoms with Gasteiger partial charge < -0.3 is 4.90 Å². The molecule has 0 radical (unpaired) electrons. The van der Waals surface area contributed by atoms with Crippen molar-refractivity contribution in [1.82, 2.24) is 4.31 Å². The highest BCUT2D eigenvalue weighted by Gasteiger charge is 2.26. The molecule has 0 heterocycles. The first-order valence-corrected chi connectivity index (χ1v) is 10.4. The Kier molecular flexibility index (Phi) is 7.19. The molecule has 0 saturated heterocycles. The van der Waals surface area contributed by atoms with E-state index in [1.165, 1.54) is 36.2 Å². The van der Waals surface area contributed by atoms with Crippen molar-refractivity contribution in [3.05, 3.63) is 58.6 Å². The van der Waals surface area contributed by atoms with Gasteiger partial charge in [-0.15, -0.1) is 0 Å². The number of sulfonamides is 1. The molecule has 2 aromatic carbocycles. The Labute approximate surface area is 171 Å². The number of nitriles is 1. The quantitative estimate of drug-likeness (QED) is 0.687. The summed E-state index contributed by atoms with van der Waals surface area (Å²) in [7, 11) is -2.49. The first-order chi connectivity index (χ1) is 13.2. The average Bonchev–Trinajstić information content (AvgIpc) is 2.65. The van der Waals surface area contributed by atoms with E-state index in [4.69, 9.17) is 16.9 Å². The van der Waals surface area contributed by atoms with Gasteiger partial charge in [0, 0.05) is 24.3 Å². The molecule has 0 aliphatic rings. The van der Waals surface area contributed by atoms with E-state index in [9.17, 15) is 13.2 Å². The Balaban J connectivity index is 2.25. The maximum absolute atomic E-state index is 12.9. The number of rotatable bonds is 7. The van der Waals surface area contributed by atoms with E-state index in [1.807, 2.05) is 32.0 Å². The van der Waals surface area contributed by atoms with Crippen molar-refractivity contribution in [2.45, 2.75) is 25.2 Å². The van der Waals surface area contributed by atoms with Gasteiger partial charge in [0.1, 0.15) is 0 Å². The number of carbonyl (C=O) groups excluding carboxylic acids is 1. The largest absolute Gasteiger partial charge is 0.310 e. The first kappa shape index (κ1) is 21.9. The van der Waals surface area contributed by atoms with Gasteiger partial charge in [-0.05, 0) is 61.4 Å². The van der Waals surface area contributed by atoms with Gasteiger partial charge in [0.15, 0.2) is 0 Å². The van der Waals surface area contributed by atoms with Crippen molar-refractivity contribution in [3.63, 3.8) is 0 Å². The van der Waals surface area contributed by atoms with Crippen molar-refractivity contribution in [2.75, 3.05) is 25.0 Å². The van der Waals surface area contributed by atoms with Crippen LogP contribution in [-0.2, 0) is 14.8 Å². The Morgan fingerprint density at radius 2 is 1.75 bits per heavy atom. The maximum atomic E-state index is 12.9. The highest BCUT2D eigenvalue weighted by Crippen LogP contribution is 2.21. The Hall–Kier alpha value is -2.40. The van der Waals surface area contributed by atoms with Gasteiger partial charge in [-0.1, -0.05) is 17.7 Å². The molecule has 0 unspecified atom stereocenters. The normalized spacial score (nSPS) is 11.3.